The number of hydrogen-bond acceptors (Lipinski definition) is 1. The minimum absolute atomic E-state index is 0.505. The summed E-state index contributed by atoms with van der Waals surface area (Å²) in [5.74, 6) is 1.10. The van der Waals surface area contributed by atoms with E-state index in [9.17, 15) is 4.79 Å². The molecule has 2 unspecified atom stereocenters. The van der Waals surface area contributed by atoms with Crippen LogP contribution in [-0.2, 0) is 4.79 Å². The zero-order valence-corrected chi connectivity index (χ0v) is 7.94. The van der Waals surface area contributed by atoms with Gasteiger partial charge in [0, 0.05) is 5.92 Å². The van der Waals surface area contributed by atoms with E-state index < -0.39 is 0 Å². The van der Waals surface area contributed by atoms with Gasteiger partial charge in [-0.15, -0.1) is 0 Å². The molecule has 0 saturated carbocycles. The van der Waals surface area contributed by atoms with Gasteiger partial charge in [0.15, 0.2) is 0 Å². The number of allylic oxidation sites excluding steroid dienone is 2. The van der Waals surface area contributed by atoms with Gasteiger partial charge in [-0.05, 0) is 35.5 Å². The van der Waals surface area contributed by atoms with Crippen LogP contribution < -0.4 is 0 Å². The lowest BCUT2D eigenvalue weighted by molar-refractivity contribution is -0.105. The lowest BCUT2D eigenvalue weighted by Crippen LogP contribution is -2.02. The fourth-order valence-electron chi connectivity index (χ4n) is 2.83. The Labute approximate surface area is 83.4 Å². The molecule has 0 heterocycles. The van der Waals surface area contributed by atoms with Gasteiger partial charge in [-0.1, -0.05) is 30.3 Å². The van der Waals surface area contributed by atoms with Gasteiger partial charge in [-0.2, -0.15) is 0 Å². The van der Waals surface area contributed by atoms with Crippen molar-refractivity contribution in [3.63, 3.8) is 0 Å². The van der Waals surface area contributed by atoms with Crippen LogP contribution in [0.2, 0.25) is 0 Å². The first-order chi connectivity index (χ1) is 6.88. The highest BCUT2D eigenvalue weighted by molar-refractivity contribution is 5.75. The smallest absolute Gasteiger partial charge is 0.145 e. The summed E-state index contributed by atoms with van der Waals surface area (Å²) in [5.41, 5.74) is 3.89. The van der Waals surface area contributed by atoms with E-state index >= 15 is 0 Å². The van der Waals surface area contributed by atoms with Crippen LogP contribution >= 0.6 is 0 Å². The first-order valence-corrected chi connectivity index (χ1v) is 5.13. The van der Waals surface area contributed by atoms with Crippen LogP contribution in [-0.4, -0.2) is 6.29 Å². The van der Waals surface area contributed by atoms with Gasteiger partial charge in [0.1, 0.15) is 6.29 Å². The van der Waals surface area contributed by atoms with Gasteiger partial charge in [-0.3, -0.25) is 4.79 Å². The second-order valence-corrected chi connectivity index (χ2v) is 4.23. The van der Waals surface area contributed by atoms with E-state index in [1.807, 2.05) is 0 Å². The molecule has 1 aromatic rings. The number of aldehydes is 1. The SMILES string of the molecule is O=CC1=CC2CC(C1)c1ccccc12. The molecule has 3 rings (SSSR count). The molecular formula is C13H12O. The quantitative estimate of drug-likeness (QED) is 0.613. The van der Waals surface area contributed by atoms with Crippen molar-refractivity contribution in [3.05, 3.63) is 47.0 Å². The van der Waals surface area contributed by atoms with Gasteiger partial charge in [0.25, 0.3) is 0 Å². The van der Waals surface area contributed by atoms with Gasteiger partial charge in [-0.25, -0.2) is 0 Å². The zero-order valence-electron chi connectivity index (χ0n) is 7.94. The van der Waals surface area contributed by atoms with Crippen molar-refractivity contribution in [1.29, 1.82) is 0 Å². The van der Waals surface area contributed by atoms with Crippen LogP contribution in [0.1, 0.15) is 35.8 Å². The molecule has 0 aromatic heterocycles. The Morgan fingerprint density at radius 2 is 2.00 bits per heavy atom. The van der Waals surface area contributed by atoms with Gasteiger partial charge >= 0.3 is 0 Å². The zero-order chi connectivity index (χ0) is 9.54. The Morgan fingerprint density at radius 3 is 2.79 bits per heavy atom. The van der Waals surface area contributed by atoms with Gasteiger partial charge in [0.2, 0.25) is 0 Å². The maximum absolute atomic E-state index is 10.8. The minimum atomic E-state index is 0.505. The van der Waals surface area contributed by atoms with Crippen molar-refractivity contribution in [2.24, 2.45) is 0 Å². The number of carbonyl (C=O) groups is 1. The number of benzene rings is 1. The lowest BCUT2D eigenvalue weighted by Gasteiger charge is -2.16. The molecule has 70 valence electrons. The Balaban J connectivity index is 2.12. The molecule has 1 nitrogen and oxygen atoms in total. The summed E-state index contributed by atoms with van der Waals surface area (Å²) >= 11 is 0. The average molecular weight is 184 g/mol. The van der Waals surface area contributed by atoms with E-state index in [0.29, 0.717) is 11.8 Å². The second kappa shape index (κ2) is 2.81. The molecule has 0 radical (unpaired) electrons. The molecule has 0 aliphatic heterocycles. The summed E-state index contributed by atoms with van der Waals surface area (Å²) in [5, 5.41) is 0. The molecule has 1 heteroatoms. The molecule has 0 fully saturated rings. The van der Waals surface area contributed by atoms with E-state index in [-0.39, 0.29) is 0 Å². The highest BCUT2D eigenvalue weighted by Gasteiger charge is 2.33. The summed E-state index contributed by atoms with van der Waals surface area (Å²) in [7, 11) is 0. The molecule has 1 aromatic carbocycles. The number of hydrogen-bond donors (Lipinski definition) is 0. The first-order valence-electron chi connectivity index (χ1n) is 5.13. The third-order valence-electron chi connectivity index (χ3n) is 3.42. The largest absolute Gasteiger partial charge is 0.298 e. The third-order valence-corrected chi connectivity index (χ3v) is 3.42. The molecule has 2 aliphatic rings. The number of rotatable bonds is 1. The normalized spacial score (nSPS) is 28.1. The summed E-state index contributed by atoms with van der Waals surface area (Å²) in [4.78, 5) is 10.8. The lowest BCUT2D eigenvalue weighted by atomic mass is 9.88. The predicted molar refractivity (Wildman–Crippen MR) is 55.3 cm³/mol. The van der Waals surface area contributed by atoms with Crippen molar-refractivity contribution >= 4 is 6.29 Å². The van der Waals surface area contributed by atoms with E-state index in [4.69, 9.17) is 0 Å². The first kappa shape index (κ1) is 7.98. The molecule has 0 spiro atoms. The summed E-state index contributed by atoms with van der Waals surface area (Å²) in [6.07, 6.45) is 5.31. The molecule has 14 heavy (non-hydrogen) atoms. The molecule has 2 atom stereocenters. The van der Waals surface area contributed by atoms with Gasteiger partial charge < -0.3 is 0 Å². The highest BCUT2D eigenvalue weighted by atomic mass is 16.1. The second-order valence-electron chi connectivity index (χ2n) is 4.23. The van der Waals surface area contributed by atoms with Crippen molar-refractivity contribution in [2.45, 2.75) is 24.7 Å². The van der Waals surface area contributed by atoms with Crippen molar-refractivity contribution < 1.29 is 4.79 Å². The van der Waals surface area contributed by atoms with Crippen LogP contribution in [0, 0.1) is 0 Å². The Morgan fingerprint density at radius 1 is 1.21 bits per heavy atom. The van der Waals surface area contributed by atoms with Crippen molar-refractivity contribution in [1.82, 2.24) is 0 Å². The third kappa shape index (κ3) is 0.985. The summed E-state index contributed by atoms with van der Waals surface area (Å²) in [6, 6.07) is 8.60. The Kier molecular flexibility index (Phi) is 1.60. The molecule has 0 N–H and O–H groups in total. The van der Waals surface area contributed by atoms with E-state index in [2.05, 4.69) is 30.3 Å². The fourth-order valence-corrected chi connectivity index (χ4v) is 2.83. The Hall–Kier alpha value is -1.37. The summed E-state index contributed by atoms with van der Waals surface area (Å²) in [6.45, 7) is 0. The van der Waals surface area contributed by atoms with E-state index in [1.165, 1.54) is 17.5 Å². The predicted octanol–water partition coefficient (Wildman–Crippen LogP) is 2.79. The average Bonchev–Trinajstić information content (AvgIpc) is 2.52. The maximum atomic E-state index is 10.8. The highest BCUT2D eigenvalue weighted by Crippen LogP contribution is 2.48. The van der Waals surface area contributed by atoms with Gasteiger partial charge in [0.05, 0.1) is 0 Å². The van der Waals surface area contributed by atoms with Crippen LogP contribution in [0.15, 0.2) is 35.9 Å². The molecule has 0 amide bonds. The molecule has 2 bridgehead atoms. The standard InChI is InChI=1S/C13H12O/c14-8-9-5-10-7-11(6-9)13-4-2-1-3-12(10)13/h1-5,8,10-11H,6-7H2. The minimum Gasteiger partial charge on any atom is -0.298 e. The van der Waals surface area contributed by atoms with E-state index in [0.717, 1.165) is 18.3 Å². The van der Waals surface area contributed by atoms with Crippen LogP contribution in [0.3, 0.4) is 0 Å². The van der Waals surface area contributed by atoms with Crippen molar-refractivity contribution in [3.8, 4) is 0 Å². The van der Waals surface area contributed by atoms with Crippen LogP contribution in [0.4, 0.5) is 0 Å². The molecule has 2 aliphatic carbocycles. The fraction of sp³-hybridized carbons (Fsp3) is 0.308. The van der Waals surface area contributed by atoms with Crippen LogP contribution in [0.25, 0.3) is 0 Å². The molecule has 0 saturated heterocycles. The topological polar surface area (TPSA) is 17.1 Å². The number of carbonyl (C=O) groups excluding carboxylic acids is 1. The number of fused-ring (bicyclic) bond motifs is 5. The summed E-state index contributed by atoms with van der Waals surface area (Å²) < 4.78 is 0. The monoisotopic (exact) mass is 184 g/mol. The van der Waals surface area contributed by atoms with Crippen molar-refractivity contribution in [2.75, 3.05) is 0 Å². The van der Waals surface area contributed by atoms with Crippen LogP contribution in [0.5, 0.6) is 0 Å². The Bertz CT molecular complexity index is 417. The van der Waals surface area contributed by atoms with E-state index in [1.54, 1.807) is 0 Å². The maximum Gasteiger partial charge on any atom is 0.145 e. The molecular weight excluding hydrogens is 172 g/mol.